The first kappa shape index (κ1) is 11.1. The molecule has 2 aromatic rings. The zero-order chi connectivity index (χ0) is 12.1. The van der Waals surface area contributed by atoms with Crippen molar-refractivity contribution in [2.24, 2.45) is 5.84 Å². The van der Waals surface area contributed by atoms with Crippen molar-refractivity contribution in [1.82, 2.24) is 15.5 Å². The largest absolute Gasteiger partial charge is 0.364 e. The fourth-order valence-electron chi connectivity index (χ4n) is 1.30. The van der Waals surface area contributed by atoms with Crippen LogP contribution >= 0.6 is 0 Å². The number of hydrazine groups is 1. The number of nitrogens with two attached hydrogens (primary N) is 1. The Morgan fingerprint density at radius 2 is 2.35 bits per heavy atom. The average Bonchev–Trinajstić information content (AvgIpc) is 2.89. The van der Waals surface area contributed by atoms with Crippen LogP contribution in [-0.4, -0.2) is 16.0 Å². The van der Waals surface area contributed by atoms with Crippen molar-refractivity contribution >= 4 is 11.6 Å². The van der Waals surface area contributed by atoms with Gasteiger partial charge in [0.25, 0.3) is 5.91 Å². The van der Waals surface area contributed by atoms with Crippen LogP contribution in [0.3, 0.4) is 0 Å². The van der Waals surface area contributed by atoms with Crippen molar-refractivity contribution in [3.8, 4) is 0 Å². The standard InChI is InChI=1S/C10H11N5O2/c11-14-9-6-12-3-1-8(9)10(16)13-5-7-2-4-17-15-7/h1-4,6,14H,5,11H2,(H,13,16). The number of nitrogens with zero attached hydrogens (tertiary/aromatic N) is 2. The molecule has 2 aromatic heterocycles. The molecule has 2 rings (SSSR count). The second-order valence-electron chi connectivity index (χ2n) is 3.24. The van der Waals surface area contributed by atoms with E-state index in [0.717, 1.165) is 0 Å². The third-order valence-corrected chi connectivity index (χ3v) is 2.14. The van der Waals surface area contributed by atoms with Crippen molar-refractivity contribution in [3.05, 3.63) is 42.0 Å². The van der Waals surface area contributed by atoms with E-state index in [1.165, 1.54) is 18.7 Å². The number of carbonyl (C=O) groups is 1. The van der Waals surface area contributed by atoms with E-state index in [9.17, 15) is 4.79 Å². The van der Waals surface area contributed by atoms with Gasteiger partial charge in [0.05, 0.1) is 24.0 Å². The van der Waals surface area contributed by atoms with Crippen molar-refractivity contribution < 1.29 is 9.32 Å². The SMILES string of the molecule is NNc1cnccc1C(=O)NCc1ccon1. The quantitative estimate of drug-likeness (QED) is 0.517. The smallest absolute Gasteiger partial charge is 0.253 e. The highest BCUT2D eigenvalue weighted by Gasteiger charge is 2.10. The van der Waals surface area contributed by atoms with Gasteiger partial charge in [-0.15, -0.1) is 0 Å². The molecular formula is C10H11N5O2. The Balaban J connectivity index is 2.04. The summed E-state index contributed by atoms with van der Waals surface area (Å²) in [5.74, 6) is 5.02. The number of hydrogen-bond donors (Lipinski definition) is 3. The van der Waals surface area contributed by atoms with Crippen LogP contribution in [0.15, 0.2) is 35.3 Å². The van der Waals surface area contributed by atoms with E-state index in [1.807, 2.05) is 0 Å². The number of nitrogen functional groups attached to an aromatic ring is 1. The average molecular weight is 233 g/mol. The molecule has 0 unspecified atom stereocenters. The summed E-state index contributed by atoms with van der Waals surface area (Å²) in [6, 6.07) is 3.25. The van der Waals surface area contributed by atoms with E-state index in [4.69, 9.17) is 5.84 Å². The van der Waals surface area contributed by atoms with Gasteiger partial charge in [0, 0.05) is 12.3 Å². The summed E-state index contributed by atoms with van der Waals surface area (Å²) in [7, 11) is 0. The molecule has 0 spiro atoms. The predicted octanol–water partition coefficient (Wildman–Crippen LogP) is 0.285. The Morgan fingerprint density at radius 3 is 3.06 bits per heavy atom. The number of amides is 1. The normalized spacial score (nSPS) is 9.94. The second-order valence-corrected chi connectivity index (χ2v) is 3.24. The summed E-state index contributed by atoms with van der Waals surface area (Å²) < 4.78 is 4.65. The van der Waals surface area contributed by atoms with Crippen molar-refractivity contribution in [1.29, 1.82) is 0 Å². The topological polar surface area (TPSA) is 106 Å². The zero-order valence-corrected chi connectivity index (χ0v) is 8.88. The third-order valence-electron chi connectivity index (χ3n) is 2.14. The minimum Gasteiger partial charge on any atom is -0.364 e. The summed E-state index contributed by atoms with van der Waals surface area (Å²) in [5, 5.41) is 6.37. The van der Waals surface area contributed by atoms with E-state index >= 15 is 0 Å². The van der Waals surface area contributed by atoms with Gasteiger partial charge in [-0.3, -0.25) is 15.6 Å². The first-order valence-corrected chi connectivity index (χ1v) is 4.89. The van der Waals surface area contributed by atoms with Crippen LogP contribution in [0.25, 0.3) is 0 Å². The van der Waals surface area contributed by atoms with Gasteiger partial charge in [-0.2, -0.15) is 0 Å². The molecule has 1 amide bonds. The molecule has 7 nitrogen and oxygen atoms in total. The van der Waals surface area contributed by atoms with E-state index in [2.05, 4.69) is 25.4 Å². The number of anilines is 1. The molecule has 0 atom stereocenters. The van der Waals surface area contributed by atoms with Crippen molar-refractivity contribution in [2.75, 3.05) is 5.43 Å². The number of carbonyl (C=O) groups excluding carboxylic acids is 1. The molecule has 0 radical (unpaired) electrons. The highest BCUT2D eigenvalue weighted by Crippen LogP contribution is 2.11. The van der Waals surface area contributed by atoms with Crippen LogP contribution in [0.4, 0.5) is 5.69 Å². The van der Waals surface area contributed by atoms with Gasteiger partial charge in [-0.1, -0.05) is 5.16 Å². The Kier molecular flexibility index (Phi) is 3.31. The molecule has 0 fully saturated rings. The lowest BCUT2D eigenvalue weighted by molar-refractivity contribution is 0.0950. The Bertz CT molecular complexity index is 497. The number of hydrogen-bond acceptors (Lipinski definition) is 6. The van der Waals surface area contributed by atoms with Gasteiger partial charge in [0.1, 0.15) is 12.0 Å². The fraction of sp³-hybridized carbons (Fsp3) is 0.100. The molecule has 17 heavy (non-hydrogen) atoms. The lowest BCUT2D eigenvalue weighted by Crippen LogP contribution is -2.25. The third kappa shape index (κ3) is 2.58. The van der Waals surface area contributed by atoms with Gasteiger partial charge in [0.2, 0.25) is 0 Å². The van der Waals surface area contributed by atoms with E-state index < -0.39 is 0 Å². The van der Waals surface area contributed by atoms with Crippen LogP contribution in [0, 0.1) is 0 Å². The highest BCUT2D eigenvalue weighted by molar-refractivity contribution is 5.99. The maximum Gasteiger partial charge on any atom is 0.253 e. The van der Waals surface area contributed by atoms with Gasteiger partial charge < -0.3 is 15.3 Å². The molecular weight excluding hydrogens is 222 g/mol. The van der Waals surface area contributed by atoms with Gasteiger partial charge in [-0.05, 0) is 6.07 Å². The first-order valence-electron chi connectivity index (χ1n) is 4.89. The van der Waals surface area contributed by atoms with Crippen LogP contribution in [-0.2, 0) is 6.54 Å². The molecule has 0 bridgehead atoms. The van der Waals surface area contributed by atoms with Crippen LogP contribution in [0.1, 0.15) is 16.1 Å². The molecule has 0 aromatic carbocycles. The van der Waals surface area contributed by atoms with Crippen LogP contribution in [0.5, 0.6) is 0 Å². The summed E-state index contributed by atoms with van der Waals surface area (Å²) in [5.41, 5.74) is 3.95. The molecule has 2 heterocycles. The molecule has 7 heteroatoms. The highest BCUT2D eigenvalue weighted by atomic mass is 16.5. The minimum absolute atomic E-state index is 0.261. The first-order chi connectivity index (χ1) is 8.31. The van der Waals surface area contributed by atoms with Crippen molar-refractivity contribution in [3.63, 3.8) is 0 Å². The predicted molar refractivity (Wildman–Crippen MR) is 59.7 cm³/mol. The lowest BCUT2D eigenvalue weighted by Gasteiger charge is -2.07. The zero-order valence-electron chi connectivity index (χ0n) is 8.88. The molecule has 4 N–H and O–H groups in total. The number of aromatic nitrogens is 2. The van der Waals surface area contributed by atoms with Gasteiger partial charge in [0.15, 0.2) is 0 Å². The van der Waals surface area contributed by atoms with Crippen molar-refractivity contribution in [2.45, 2.75) is 6.54 Å². The Hall–Kier alpha value is -2.41. The Labute approximate surface area is 97.0 Å². The Morgan fingerprint density at radius 1 is 1.47 bits per heavy atom. The van der Waals surface area contributed by atoms with E-state index in [0.29, 0.717) is 23.5 Å². The minimum atomic E-state index is -0.261. The molecule has 88 valence electrons. The molecule has 0 saturated heterocycles. The molecule has 0 aliphatic carbocycles. The molecule has 0 aliphatic heterocycles. The van der Waals surface area contributed by atoms with E-state index in [-0.39, 0.29) is 5.91 Å². The summed E-state index contributed by atoms with van der Waals surface area (Å²) in [4.78, 5) is 15.7. The maximum absolute atomic E-state index is 11.8. The number of nitrogens with one attached hydrogen (secondary N) is 2. The summed E-state index contributed by atoms with van der Waals surface area (Å²) >= 11 is 0. The van der Waals surface area contributed by atoms with Gasteiger partial charge >= 0.3 is 0 Å². The lowest BCUT2D eigenvalue weighted by atomic mass is 10.2. The monoisotopic (exact) mass is 233 g/mol. The van der Waals surface area contributed by atoms with E-state index in [1.54, 1.807) is 12.1 Å². The second kappa shape index (κ2) is 5.08. The van der Waals surface area contributed by atoms with Crippen LogP contribution < -0.4 is 16.6 Å². The summed E-state index contributed by atoms with van der Waals surface area (Å²) in [6.45, 7) is 0.293. The maximum atomic E-state index is 11.8. The van der Waals surface area contributed by atoms with Crippen LogP contribution in [0.2, 0.25) is 0 Å². The fourth-order valence-corrected chi connectivity index (χ4v) is 1.30. The van der Waals surface area contributed by atoms with Gasteiger partial charge in [-0.25, -0.2) is 0 Å². The number of pyridine rings is 1. The molecule has 0 saturated carbocycles. The summed E-state index contributed by atoms with van der Waals surface area (Å²) in [6.07, 6.45) is 4.44. The molecule has 0 aliphatic rings. The number of rotatable bonds is 4.